The van der Waals surface area contributed by atoms with Gasteiger partial charge in [0, 0.05) is 23.9 Å². The molecule has 1 aromatic carbocycles. The SMILES string of the molecule is CNc1nc(-c2ccc(C)cc2)nc2c1CCCC2. The molecule has 3 rings (SSSR count). The van der Waals surface area contributed by atoms with E-state index in [0.29, 0.717) is 0 Å². The number of benzene rings is 1. The van der Waals surface area contributed by atoms with Gasteiger partial charge in [0.15, 0.2) is 5.82 Å². The van der Waals surface area contributed by atoms with Crippen molar-refractivity contribution >= 4 is 5.82 Å². The van der Waals surface area contributed by atoms with Crippen LogP contribution in [-0.2, 0) is 12.8 Å². The van der Waals surface area contributed by atoms with E-state index in [1.54, 1.807) is 0 Å². The van der Waals surface area contributed by atoms with E-state index >= 15 is 0 Å². The maximum absolute atomic E-state index is 4.77. The number of rotatable bonds is 2. The number of nitrogens with one attached hydrogen (secondary N) is 1. The normalized spacial score (nSPS) is 14.0. The predicted octanol–water partition coefficient (Wildman–Crippen LogP) is 3.37. The van der Waals surface area contributed by atoms with Crippen LogP contribution in [0.2, 0.25) is 0 Å². The van der Waals surface area contributed by atoms with Gasteiger partial charge in [-0.1, -0.05) is 29.8 Å². The van der Waals surface area contributed by atoms with E-state index in [-0.39, 0.29) is 0 Å². The molecule has 1 aromatic heterocycles. The third kappa shape index (κ3) is 2.33. The molecule has 0 fully saturated rings. The zero-order valence-electron chi connectivity index (χ0n) is 11.5. The highest BCUT2D eigenvalue weighted by atomic mass is 15.0. The van der Waals surface area contributed by atoms with E-state index < -0.39 is 0 Å². The molecule has 0 spiro atoms. The number of fused-ring (bicyclic) bond motifs is 1. The largest absolute Gasteiger partial charge is 0.373 e. The summed E-state index contributed by atoms with van der Waals surface area (Å²) in [5, 5.41) is 3.23. The molecule has 0 radical (unpaired) electrons. The van der Waals surface area contributed by atoms with Gasteiger partial charge in [0.05, 0.1) is 0 Å². The minimum absolute atomic E-state index is 0.838. The summed E-state index contributed by atoms with van der Waals surface area (Å²) in [4.78, 5) is 9.45. The maximum Gasteiger partial charge on any atom is 0.161 e. The van der Waals surface area contributed by atoms with Gasteiger partial charge in [0.2, 0.25) is 0 Å². The summed E-state index contributed by atoms with van der Waals surface area (Å²) in [6.07, 6.45) is 4.65. The first-order valence-electron chi connectivity index (χ1n) is 6.92. The fraction of sp³-hybridized carbons (Fsp3) is 0.375. The van der Waals surface area contributed by atoms with Gasteiger partial charge in [-0.15, -0.1) is 0 Å². The summed E-state index contributed by atoms with van der Waals surface area (Å²) in [5.41, 5.74) is 4.89. The first kappa shape index (κ1) is 12.2. The van der Waals surface area contributed by atoms with E-state index in [9.17, 15) is 0 Å². The molecule has 98 valence electrons. The summed E-state index contributed by atoms with van der Waals surface area (Å²) in [5.74, 6) is 1.84. The number of hydrogen-bond acceptors (Lipinski definition) is 3. The monoisotopic (exact) mass is 253 g/mol. The zero-order chi connectivity index (χ0) is 13.2. The first-order valence-corrected chi connectivity index (χ1v) is 6.92. The fourth-order valence-electron chi connectivity index (χ4n) is 2.63. The van der Waals surface area contributed by atoms with E-state index in [2.05, 4.69) is 41.5 Å². The number of anilines is 1. The minimum Gasteiger partial charge on any atom is -0.373 e. The number of aromatic nitrogens is 2. The highest BCUT2D eigenvalue weighted by molar-refractivity contribution is 5.60. The Morgan fingerprint density at radius 1 is 1.00 bits per heavy atom. The molecule has 0 saturated heterocycles. The van der Waals surface area contributed by atoms with Gasteiger partial charge in [-0.2, -0.15) is 0 Å². The second-order valence-corrected chi connectivity index (χ2v) is 5.14. The van der Waals surface area contributed by atoms with Crippen LogP contribution in [0.3, 0.4) is 0 Å². The number of nitrogens with zero attached hydrogens (tertiary/aromatic N) is 2. The van der Waals surface area contributed by atoms with Gasteiger partial charge in [0.25, 0.3) is 0 Å². The van der Waals surface area contributed by atoms with E-state index in [1.165, 1.54) is 29.7 Å². The molecule has 3 nitrogen and oxygen atoms in total. The lowest BCUT2D eigenvalue weighted by Crippen LogP contribution is -2.11. The Balaban J connectivity index is 2.09. The van der Waals surface area contributed by atoms with Crippen molar-refractivity contribution in [1.82, 2.24) is 9.97 Å². The average molecular weight is 253 g/mol. The zero-order valence-corrected chi connectivity index (χ0v) is 11.5. The third-order valence-corrected chi connectivity index (χ3v) is 3.73. The lowest BCUT2D eigenvalue weighted by atomic mass is 9.96. The topological polar surface area (TPSA) is 37.8 Å². The maximum atomic E-state index is 4.77. The lowest BCUT2D eigenvalue weighted by Gasteiger charge is -2.18. The third-order valence-electron chi connectivity index (χ3n) is 3.73. The van der Waals surface area contributed by atoms with Crippen molar-refractivity contribution in [2.24, 2.45) is 0 Å². The summed E-state index contributed by atoms with van der Waals surface area (Å²) in [6.45, 7) is 2.09. The van der Waals surface area contributed by atoms with Crippen LogP contribution in [0.5, 0.6) is 0 Å². The molecule has 0 amide bonds. The Morgan fingerprint density at radius 3 is 2.47 bits per heavy atom. The molecule has 3 heteroatoms. The molecule has 0 saturated carbocycles. The van der Waals surface area contributed by atoms with Gasteiger partial charge in [-0.25, -0.2) is 9.97 Å². The molecule has 0 atom stereocenters. The molecule has 0 bridgehead atoms. The molecule has 19 heavy (non-hydrogen) atoms. The van der Waals surface area contributed by atoms with Crippen LogP contribution < -0.4 is 5.32 Å². The quantitative estimate of drug-likeness (QED) is 0.891. The molecule has 0 aliphatic heterocycles. The van der Waals surface area contributed by atoms with Gasteiger partial charge in [-0.3, -0.25) is 0 Å². The minimum atomic E-state index is 0.838. The van der Waals surface area contributed by atoms with Gasteiger partial charge in [-0.05, 0) is 32.6 Å². The molecule has 1 aliphatic rings. The van der Waals surface area contributed by atoms with Crippen LogP contribution in [0, 0.1) is 6.92 Å². The first-order chi connectivity index (χ1) is 9.28. The fourth-order valence-corrected chi connectivity index (χ4v) is 2.63. The molecule has 2 aromatic rings. The van der Waals surface area contributed by atoms with Crippen LogP contribution in [0.1, 0.15) is 29.7 Å². The summed E-state index contributed by atoms with van der Waals surface area (Å²) in [6, 6.07) is 8.41. The second-order valence-electron chi connectivity index (χ2n) is 5.14. The van der Waals surface area contributed by atoms with Crippen LogP contribution in [0.4, 0.5) is 5.82 Å². The Morgan fingerprint density at radius 2 is 1.74 bits per heavy atom. The molecule has 1 N–H and O–H groups in total. The van der Waals surface area contributed by atoms with Crippen molar-refractivity contribution < 1.29 is 0 Å². The molecule has 0 unspecified atom stereocenters. The summed E-state index contributed by atoms with van der Waals surface area (Å²) in [7, 11) is 1.94. The summed E-state index contributed by atoms with van der Waals surface area (Å²) >= 11 is 0. The van der Waals surface area contributed by atoms with Crippen molar-refractivity contribution in [3.63, 3.8) is 0 Å². The Hall–Kier alpha value is -1.90. The Kier molecular flexibility index (Phi) is 3.20. The van der Waals surface area contributed by atoms with Crippen LogP contribution >= 0.6 is 0 Å². The van der Waals surface area contributed by atoms with E-state index in [0.717, 1.165) is 30.0 Å². The van der Waals surface area contributed by atoms with E-state index in [1.807, 2.05) is 7.05 Å². The Bertz CT molecular complexity index is 570. The number of hydrogen-bond donors (Lipinski definition) is 1. The van der Waals surface area contributed by atoms with Crippen molar-refractivity contribution in [2.45, 2.75) is 32.6 Å². The molecular formula is C16H19N3. The van der Waals surface area contributed by atoms with E-state index in [4.69, 9.17) is 4.98 Å². The molecule has 1 heterocycles. The van der Waals surface area contributed by atoms with Gasteiger partial charge in [0.1, 0.15) is 5.82 Å². The van der Waals surface area contributed by atoms with Crippen LogP contribution in [-0.4, -0.2) is 17.0 Å². The molecule has 1 aliphatic carbocycles. The van der Waals surface area contributed by atoms with Crippen molar-refractivity contribution in [1.29, 1.82) is 0 Å². The average Bonchev–Trinajstić information content (AvgIpc) is 2.47. The number of aryl methyl sites for hydroxylation is 2. The second kappa shape index (κ2) is 5.00. The smallest absolute Gasteiger partial charge is 0.161 e. The summed E-state index contributed by atoms with van der Waals surface area (Å²) < 4.78 is 0. The highest BCUT2D eigenvalue weighted by Gasteiger charge is 2.17. The van der Waals surface area contributed by atoms with Crippen molar-refractivity contribution in [2.75, 3.05) is 12.4 Å². The van der Waals surface area contributed by atoms with Crippen molar-refractivity contribution in [3.05, 3.63) is 41.1 Å². The lowest BCUT2D eigenvalue weighted by molar-refractivity contribution is 0.665. The highest BCUT2D eigenvalue weighted by Crippen LogP contribution is 2.28. The van der Waals surface area contributed by atoms with Crippen molar-refractivity contribution in [3.8, 4) is 11.4 Å². The van der Waals surface area contributed by atoms with Gasteiger partial charge >= 0.3 is 0 Å². The van der Waals surface area contributed by atoms with Crippen LogP contribution in [0.15, 0.2) is 24.3 Å². The Labute approximate surface area is 114 Å². The predicted molar refractivity (Wildman–Crippen MR) is 78.4 cm³/mol. The van der Waals surface area contributed by atoms with Crippen LogP contribution in [0.25, 0.3) is 11.4 Å². The standard InChI is InChI=1S/C16H19N3/c1-11-7-9-12(10-8-11)15-18-14-6-4-3-5-13(14)16(17-2)19-15/h7-10H,3-6H2,1-2H3,(H,17,18,19). The molecular weight excluding hydrogens is 234 g/mol. The van der Waals surface area contributed by atoms with Gasteiger partial charge < -0.3 is 5.32 Å².